The predicted molar refractivity (Wildman–Crippen MR) is 78.4 cm³/mol. The summed E-state index contributed by atoms with van der Waals surface area (Å²) >= 11 is 0. The first-order chi connectivity index (χ1) is 9.49. The number of carbonyl (C=O) groups excluding carboxylic acids is 1. The van der Waals surface area contributed by atoms with Gasteiger partial charge in [0.1, 0.15) is 6.54 Å². The van der Waals surface area contributed by atoms with Gasteiger partial charge in [0.2, 0.25) is 5.91 Å². The maximum atomic E-state index is 12.2. The lowest BCUT2D eigenvalue weighted by Gasteiger charge is -2.17. The summed E-state index contributed by atoms with van der Waals surface area (Å²) in [4.78, 5) is 28.3. The van der Waals surface area contributed by atoms with Gasteiger partial charge in [0.25, 0.3) is 5.56 Å². The molecule has 1 amide bonds. The fraction of sp³-hybridized carbons (Fsp3) is 0.400. The van der Waals surface area contributed by atoms with Crippen molar-refractivity contribution >= 4 is 16.8 Å². The molecule has 1 aromatic carbocycles. The summed E-state index contributed by atoms with van der Waals surface area (Å²) in [5.74, 6) is 0.177. The molecule has 1 aromatic heterocycles. The van der Waals surface area contributed by atoms with Crippen LogP contribution < -0.4 is 10.9 Å². The number of fused-ring (bicyclic) bond motifs is 1. The van der Waals surface area contributed by atoms with Gasteiger partial charge < -0.3 is 5.32 Å². The first-order valence-electron chi connectivity index (χ1n) is 6.72. The molecule has 1 unspecified atom stereocenters. The Hall–Kier alpha value is -2.17. The van der Waals surface area contributed by atoms with E-state index >= 15 is 0 Å². The normalized spacial score (nSPS) is 12.6. The molecule has 0 spiro atoms. The standard InChI is InChI=1S/C15H19N3O2/c1-10(2)11(3)17-14(19)8-18-9-16-13-7-5-4-6-12(13)15(18)20/h4-7,9-11H,8H2,1-3H3,(H,17,19). The van der Waals surface area contributed by atoms with E-state index in [0.29, 0.717) is 16.8 Å². The van der Waals surface area contributed by atoms with Gasteiger partial charge in [-0.25, -0.2) is 4.98 Å². The fourth-order valence-electron chi connectivity index (χ4n) is 1.84. The van der Waals surface area contributed by atoms with Crippen LogP contribution in [0, 0.1) is 5.92 Å². The van der Waals surface area contributed by atoms with Gasteiger partial charge in [-0.3, -0.25) is 14.2 Å². The molecular formula is C15H19N3O2. The molecule has 2 rings (SSSR count). The molecule has 0 bridgehead atoms. The molecule has 5 heteroatoms. The SMILES string of the molecule is CC(C)C(C)NC(=O)Cn1cnc2ccccc2c1=O. The Morgan fingerprint density at radius 2 is 2.00 bits per heavy atom. The Bertz CT molecular complexity index is 676. The highest BCUT2D eigenvalue weighted by Crippen LogP contribution is 2.04. The molecule has 0 fully saturated rings. The summed E-state index contributed by atoms with van der Waals surface area (Å²) in [6, 6.07) is 7.19. The number of hydrogen-bond acceptors (Lipinski definition) is 3. The van der Waals surface area contributed by atoms with Crippen molar-refractivity contribution in [2.45, 2.75) is 33.4 Å². The van der Waals surface area contributed by atoms with E-state index in [1.54, 1.807) is 18.2 Å². The lowest BCUT2D eigenvalue weighted by Crippen LogP contribution is -2.39. The van der Waals surface area contributed by atoms with Crippen LogP contribution in [0.4, 0.5) is 0 Å². The molecule has 0 radical (unpaired) electrons. The highest BCUT2D eigenvalue weighted by atomic mass is 16.2. The van der Waals surface area contributed by atoms with Crippen molar-refractivity contribution in [2.24, 2.45) is 5.92 Å². The molecule has 20 heavy (non-hydrogen) atoms. The van der Waals surface area contributed by atoms with E-state index in [9.17, 15) is 9.59 Å². The van der Waals surface area contributed by atoms with Crippen LogP contribution in [0.25, 0.3) is 10.9 Å². The summed E-state index contributed by atoms with van der Waals surface area (Å²) < 4.78 is 1.34. The van der Waals surface area contributed by atoms with Crippen LogP contribution in [-0.2, 0) is 11.3 Å². The summed E-state index contributed by atoms with van der Waals surface area (Å²) in [5, 5.41) is 3.40. The third-order valence-electron chi connectivity index (χ3n) is 3.43. The van der Waals surface area contributed by atoms with Crippen LogP contribution in [0.3, 0.4) is 0 Å². The molecular weight excluding hydrogens is 254 g/mol. The smallest absolute Gasteiger partial charge is 0.261 e. The molecule has 5 nitrogen and oxygen atoms in total. The van der Waals surface area contributed by atoms with E-state index in [2.05, 4.69) is 10.3 Å². The average Bonchev–Trinajstić information content (AvgIpc) is 2.42. The Balaban J connectivity index is 2.20. The van der Waals surface area contributed by atoms with Crippen molar-refractivity contribution in [3.8, 4) is 0 Å². The molecule has 0 aliphatic rings. The van der Waals surface area contributed by atoms with E-state index in [1.807, 2.05) is 26.8 Å². The zero-order chi connectivity index (χ0) is 14.7. The van der Waals surface area contributed by atoms with Crippen molar-refractivity contribution < 1.29 is 4.79 Å². The summed E-state index contributed by atoms with van der Waals surface area (Å²) in [5.41, 5.74) is 0.452. The number of rotatable bonds is 4. The molecule has 1 N–H and O–H groups in total. The summed E-state index contributed by atoms with van der Waals surface area (Å²) in [6.45, 7) is 6.01. The largest absolute Gasteiger partial charge is 0.352 e. The van der Waals surface area contributed by atoms with Gasteiger partial charge in [-0.1, -0.05) is 26.0 Å². The van der Waals surface area contributed by atoms with Gasteiger partial charge in [0.15, 0.2) is 0 Å². The number of nitrogens with zero attached hydrogens (tertiary/aromatic N) is 2. The molecule has 0 saturated carbocycles. The van der Waals surface area contributed by atoms with Gasteiger partial charge in [-0.15, -0.1) is 0 Å². The van der Waals surface area contributed by atoms with E-state index in [1.165, 1.54) is 10.9 Å². The maximum absolute atomic E-state index is 12.2. The third-order valence-corrected chi connectivity index (χ3v) is 3.43. The van der Waals surface area contributed by atoms with Crippen molar-refractivity contribution in [1.29, 1.82) is 0 Å². The van der Waals surface area contributed by atoms with Crippen LogP contribution >= 0.6 is 0 Å². The molecule has 0 aliphatic heterocycles. The highest BCUT2D eigenvalue weighted by molar-refractivity contribution is 5.78. The van der Waals surface area contributed by atoms with Gasteiger partial charge in [-0.05, 0) is 25.0 Å². The van der Waals surface area contributed by atoms with Crippen LogP contribution in [0.2, 0.25) is 0 Å². The summed E-state index contributed by atoms with van der Waals surface area (Å²) in [7, 11) is 0. The molecule has 0 saturated heterocycles. The second-order valence-electron chi connectivity index (χ2n) is 5.29. The molecule has 0 aliphatic carbocycles. The van der Waals surface area contributed by atoms with Crippen LogP contribution in [0.15, 0.2) is 35.4 Å². The predicted octanol–water partition coefficient (Wildman–Crippen LogP) is 1.56. The fourth-order valence-corrected chi connectivity index (χ4v) is 1.84. The Morgan fingerprint density at radius 3 is 2.70 bits per heavy atom. The zero-order valence-electron chi connectivity index (χ0n) is 12.0. The number of hydrogen-bond donors (Lipinski definition) is 1. The number of nitrogens with one attached hydrogen (secondary N) is 1. The number of amides is 1. The van der Waals surface area contributed by atoms with E-state index in [-0.39, 0.29) is 24.1 Å². The molecule has 106 valence electrons. The Kier molecular flexibility index (Phi) is 4.17. The highest BCUT2D eigenvalue weighted by Gasteiger charge is 2.12. The van der Waals surface area contributed by atoms with Gasteiger partial charge in [0.05, 0.1) is 17.2 Å². The van der Waals surface area contributed by atoms with Crippen LogP contribution in [0.5, 0.6) is 0 Å². The minimum absolute atomic E-state index is 0.00622. The Labute approximate surface area is 117 Å². The number of benzene rings is 1. The lowest BCUT2D eigenvalue weighted by atomic mass is 10.1. The quantitative estimate of drug-likeness (QED) is 0.919. The van der Waals surface area contributed by atoms with Crippen LogP contribution in [0.1, 0.15) is 20.8 Å². The van der Waals surface area contributed by atoms with Crippen molar-refractivity contribution in [2.75, 3.05) is 0 Å². The van der Waals surface area contributed by atoms with Gasteiger partial charge in [0, 0.05) is 6.04 Å². The monoisotopic (exact) mass is 273 g/mol. The van der Waals surface area contributed by atoms with E-state index in [0.717, 1.165) is 0 Å². The third kappa shape index (κ3) is 3.04. The number of carbonyl (C=O) groups is 1. The van der Waals surface area contributed by atoms with Crippen molar-refractivity contribution in [3.63, 3.8) is 0 Å². The topological polar surface area (TPSA) is 64.0 Å². The van der Waals surface area contributed by atoms with Gasteiger partial charge in [-0.2, -0.15) is 0 Å². The Morgan fingerprint density at radius 1 is 1.30 bits per heavy atom. The van der Waals surface area contributed by atoms with Crippen LogP contribution in [-0.4, -0.2) is 21.5 Å². The minimum Gasteiger partial charge on any atom is -0.352 e. The first kappa shape index (κ1) is 14.2. The zero-order valence-corrected chi connectivity index (χ0v) is 12.0. The second-order valence-corrected chi connectivity index (χ2v) is 5.29. The lowest BCUT2D eigenvalue weighted by molar-refractivity contribution is -0.122. The second kappa shape index (κ2) is 5.86. The van der Waals surface area contributed by atoms with Gasteiger partial charge >= 0.3 is 0 Å². The number of para-hydroxylation sites is 1. The van der Waals surface area contributed by atoms with E-state index in [4.69, 9.17) is 0 Å². The molecule has 1 atom stereocenters. The molecule has 1 heterocycles. The molecule has 2 aromatic rings. The maximum Gasteiger partial charge on any atom is 0.261 e. The summed E-state index contributed by atoms with van der Waals surface area (Å²) in [6.07, 6.45) is 1.42. The minimum atomic E-state index is -0.192. The van der Waals surface area contributed by atoms with Crippen molar-refractivity contribution in [1.82, 2.24) is 14.9 Å². The van der Waals surface area contributed by atoms with Crippen molar-refractivity contribution in [3.05, 3.63) is 40.9 Å². The van der Waals surface area contributed by atoms with E-state index < -0.39 is 0 Å². The average molecular weight is 273 g/mol. The first-order valence-corrected chi connectivity index (χ1v) is 6.72. The number of aromatic nitrogens is 2.